The van der Waals surface area contributed by atoms with Gasteiger partial charge in [0.05, 0.1) is 5.69 Å². The lowest BCUT2D eigenvalue weighted by molar-refractivity contribution is 0.353. The van der Waals surface area contributed by atoms with Crippen molar-refractivity contribution >= 4 is 5.69 Å². The summed E-state index contributed by atoms with van der Waals surface area (Å²) in [5.74, 6) is -0.0872. The Morgan fingerprint density at radius 3 is 2.65 bits per heavy atom. The summed E-state index contributed by atoms with van der Waals surface area (Å²) >= 11 is 0. The summed E-state index contributed by atoms with van der Waals surface area (Å²) < 4.78 is 27.9. The Labute approximate surface area is 120 Å². The fraction of sp³-hybridized carbons (Fsp3) is 0.625. The van der Waals surface area contributed by atoms with Crippen LogP contribution in [-0.2, 0) is 0 Å². The van der Waals surface area contributed by atoms with Gasteiger partial charge in [0.25, 0.3) is 0 Å². The van der Waals surface area contributed by atoms with Crippen molar-refractivity contribution in [1.82, 2.24) is 5.32 Å². The number of halogens is 2. The van der Waals surface area contributed by atoms with Crippen molar-refractivity contribution in [2.75, 3.05) is 18.0 Å². The van der Waals surface area contributed by atoms with Crippen molar-refractivity contribution < 1.29 is 8.78 Å². The zero-order valence-corrected chi connectivity index (χ0v) is 12.7. The van der Waals surface area contributed by atoms with Gasteiger partial charge in [0.15, 0.2) is 0 Å². The van der Waals surface area contributed by atoms with E-state index >= 15 is 0 Å². The highest BCUT2D eigenvalue weighted by Crippen LogP contribution is 2.27. The van der Waals surface area contributed by atoms with Gasteiger partial charge in [-0.3, -0.25) is 0 Å². The van der Waals surface area contributed by atoms with Crippen LogP contribution in [0.3, 0.4) is 0 Å². The van der Waals surface area contributed by atoms with E-state index in [1.807, 2.05) is 11.8 Å². The number of hydrogen-bond donors (Lipinski definition) is 1. The van der Waals surface area contributed by atoms with Crippen molar-refractivity contribution in [3.05, 3.63) is 29.3 Å². The summed E-state index contributed by atoms with van der Waals surface area (Å²) in [4.78, 5) is 1.99. The van der Waals surface area contributed by atoms with E-state index in [2.05, 4.69) is 19.2 Å². The number of nitrogens with one attached hydrogen (secondary N) is 1. The van der Waals surface area contributed by atoms with Gasteiger partial charge in [-0.25, -0.2) is 8.78 Å². The topological polar surface area (TPSA) is 15.3 Å². The molecule has 1 aromatic rings. The molecule has 0 saturated carbocycles. The summed E-state index contributed by atoms with van der Waals surface area (Å²) in [5, 5.41) is 3.49. The Morgan fingerprint density at radius 2 is 2.00 bits per heavy atom. The van der Waals surface area contributed by atoms with Gasteiger partial charge in [0.1, 0.15) is 11.6 Å². The molecule has 0 spiro atoms. The van der Waals surface area contributed by atoms with Crippen molar-refractivity contribution in [1.29, 1.82) is 0 Å². The van der Waals surface area contributed by atoms with Crippen LogP contribution in [0.25, 0.3) is 0 Å². The van der Waals surface area contributed by atoms with Crippen LogP contribution < -0.4 is 10.2 Å². The third-order valence-corrected chi connectivity index (χ3v) is 3.94. The second kappa shape index (κ2) is 6.08. The molecule has 2 unspecified atom stereocenters. The molecule has 1 fully saturated rings. The number of piperazine rings is 1. The van der Waals surface area contributed by atoms with Crippen LogP contribution in [0.4, 0.5) is 14.5 Å². The van der Waals surface area contributed by atoms with Crippen LogP contribution in [0.1, 0.15) is 32.8 Å². The van der Waals surface area contributed by atoms with Gasteiger partial charge in [-0.15, -0.1) is 0 Å². The van der Waals surface area contributed by atoms with Crippen molar-refractivity contribution in [3.63, 3.8) is 0 Å². The van der Waals surface area contributed by atoms with E-state index in [9.17, 15) is 8.78 Å². The van der Waals surface area contributed by atoms with Crippen molar-refractivity contribution in [2.45, 2.75) is 46.2 Å². The molecule has 2 atom stereocenters. The van der Waals surface area contributed by atoms with E-state index in [0.29, 0.717) is 23.2 Å². The van der Waals surface area contributed by atoms with Gasteiger partial charge in [0.2, 0.25) is 0 Å². The minimum Gasteiger partial charge on any atom is -0.364 e. The monoisotopic (exact) mass is 282 g/mol. The third-order valence-electron chi connectivity index (χ3n) is 3.94. The molecule has 2 nitrogen and oxygen atoms in total. The molecule has 1 heterocycles. The van der Waals surface area contributed by atoms with E-state index in [0.717, 1.165) is 19.5 Å². The predicted octanol–water partition coefficient (Wildman–Crippen LogP) is 3.49. The first-order valence-corrected chi connectivity index (χ1v) is 7.34. The molecule has 0 amide bonds. The normalized spacial score (nSPS) is 23.4. The third kappa shape index (κ3) is 3.29. The number of rotatable bonds is 3. The molecule has 1 aliphatic rings. The first-order valence-electron chi connectivity index (χ1n) is 7.34. The average molecular weight is 282 g/mol. The summed E-state index contributed by atoms with van der Waals surface area (Å²) in [5.41, 5.74) is 0.739. The zero-order valence-electron chi connectivity index (χ0n) is 12.7. The largest absolute Gasteiger partial charge is 0.364 e. The maximum Gasteiger partial charge on any atom is 0.146 e. The summed E-state index contributed by atoms with van der Waals surface area (Å²) in [6.07, 6.45) is 1.04. The van der Waals surface area contributed by atoms with E-state index < -0.39 is 0 Å². The minimum atomic E-state index is -0.340. The lowest BCUT2D eigenvalue weighted by atomic mass is 9.99. The maximum atomic E-state index is 14.1. The lowest BCUT2D eigenvalue weighted by Gasteiger charge is -2.41. The molecular formula is C16H24F2N2. The Morgan fingerprint density at radius 1 is 1.30 bits per heavy atom. The zero-order chi connectivity index (χ0) is 14.9. The van der Waals surface area contributed by atoms with Gasteiger partial charge in [-0.05, 0) is 37.8 Å². The molecule has 112 valence electrons. The predicted molar refractivity (Wildman–Crippen MR) is 79.1 cm³/mol. The first-order chi connectivity index (χ1) is 9.38. The maximum absolute atomic E-state index is 14.1. The SMILES string of the molecule is Cc1cc(F)c(N2CC(CC(C)C)NCC2C)cc1F. The smallest absolute Gasteiger partial charge is 0.146 e. The number of benzene rings is 1. The number of hydrogen-bond acceptors (Lipinski definition) is 2. The highest BCUT2D eigenvalue weighted by molar-refractivity contribution is 5.51. The van der Waals surface area contributed by atoms with E-state index in [-0.39, 0.29) is 17.7 Å². The highest BCUT2D eigenvalue weighted by atomic mass is 19.1. The Balaban J connectivity index is 2.23. The van der Waals surface area contributed by atoms with Crippen LogP contribution in [0.2, 0.25) is 0 Å². The second-order valence-electron chi connectivity index (χ2n) is 6.29. The van der Waals surface area contributed by atoms with Gasteiger partial charge in [-0.2, -0.15) is 0 Å². The summed E-state index contributed by atoms with van der Waals surface area (Å²) in [6, 6.07) is 3.11. The molecule has 1 aliphatic heterocycles. The molecule has 1 saturated heterocycles. The molecule has 0 radical (unpaired) electrons. The van der Waals surface area contributed by atoms with Crippen LogP contribution in [0, 0.1) is 24.5 Å². The molecule has 1 N–H and O–H groups in total. The van der Waals surface area contributed by atoms with E-state index in [4.69, 9.17) is 0 Å². The number of nitrogens with zero attached hydrogens (tertiary/aromatic N) is 1. The van der Waals surface area contributed by atoms with Gasteiger partial charge in [-0.1, -0.05) is 13.8 Å². The molecule has 0 aromatic heterocycles. The highest BCUT2D eigenvalue weighted by Gasteiger charge is 2.27. The Hall–Kier alpha value is -1.16. The van der Waals surface area contributed by atoms with Gasteiger partial charge < -0.3 is 10.2 Å². The number of anilines is 1. The number of aryl methyl sites for hydroxylation is 1. The molecule has 20 heavy (non-hydrogen) atoms. The Bertz CT molecular complexity index is 474. The minimum absolute atomic E-state index is 0.162. The quantitative estimate of drug-likeness (QED) is 0.913. The average Bonchev–Trinajstić information content (AvgIpc) is 2.36. The van der Waals surface area contributed by atoms with Crippen LogP contribution in [-0.4, -0.2) is 25.2 Å². The Kier molecular flexibility index (Phi) is 4.63. The molecule has 0 bridgehead atoms. The van der Waals surface area contributed by atoms with Gasteiger partial charge >= 0.3 is 0 Å². The van der Waals surface area contributed by atoms with E-state index in [1.165, 1.54) is 12.1 Å². The summed E-state index contributed by atoms with van der Waals surface area (Å²) in [7, 11) is 0. The fourth-order valence-electron chi connectivity index (χ4n) is 2.85. The van der Waals surface area contributed by atoms with Crippen molar-refractivity contribution in [2.24, 2.45) is 5.92 Å². The van der Waals surface area contributed by atoms with Gasteiger partial charge in [0, 0.05) is 31.2 Å². The molecule has 2 rings (SSSR count). The molecular weight excluding hydrogens is 258 g/mol. The molecule has 1 aromatic carbocycles. The van der Waals surface area contributed by atoms with Crippen molar-refractivity contribution in [3.8, 4) is 0 Å². The van der Waals surface area contributed by atoms with E-state index in [1.54, 1.807) is 6.92 Å². The second-order valence-corrected chi connectivity index (χ2v) is 6.29. The summed E-state index contributed by atoms with van der Waals surface area (Å²) in [6.45, 7) is 9.50. The van der Waals surface area contributed by atoms with Crippen LogP contribution >= 0.6 is 0 Å². The first kappa shape index (κ1) is 15.2. The van der Waals surface area contributed by atoms with Crippen LogP contribution in [0.15, 0.2) is 12.1 Å². The van der Waals surface area contributed by atoms with Crippen LogP contribution in [0.5, 0.6) is 0 Å². The fourth-order valence-corrected chi connectivity index (χ4v) is 2.85. The lowest BCUT2D eigenvalue weighted by Crippen LogP contribution is -2.56. The standard InChI is InChI=1S/C16H24F2N2/c1-10(2)5-13-9-20(12(4)8-19-13)16-7-14(17)11(3)6-15(16)18/h6-7,10,12-13,19H,5,8-9H2,1-4H3. The molecule has 0 aliphatic carbocycles. The molecule has 4 heteroatoms.